The van der Waals surface area contributed by atoms with E-state index in [9.17, 15) is 9.18 Å². The summed E-state index contributed by atoms with van der Waals surface area (Å²) in [6.45, 7) is 9.22. The van der Waals surface area contributed by atoms with Crippen molar-refractivity contribution in [1.82, 2.24) is 14.8 Å². The average Bonchev–Trinajstić information content (AvgIpc) is 3.11. The fourth-order valence-electron chi connectivity index (χ4n) is 2.92. The molecule has 1 N–H and O–H groups in total. The maximum Gasteiger partial charge on any atom is 0.234 e. The monoisotopic (exact) mass is 446 g/mol. The van der Waals surface area contributed by atoms with Crippen molar-refractivity contribution >= 4 is 35.0 Å². The quantitative estimate of drug-likeness (QED) is 0.487. The van der Waals surface area contributed by atoms with Crippen molar-refractivity contribution in [2.75, 3.05) is 11.1 Å². The maximum absolute atomic E-state index is 13.1. The summed E-state index contributed by atoms with van der Waals surface area (Å²) in [6.07, 6.45) is 0. The lowest BCUT2D eigenvalue weighted by molar-refractivity contribution is -0.113. The number of carbonyl (C=O) groups is 1. The minimum atomic E-state index is -0.452. The second kappa shape index (κ2) is 9.18. The summed E-state index contributed by atoms with van der Waals surface area (Å²) in [5.74, 6) is 0.193. The molecule has 158 valence electrons. The lowest BCUT2D eigenvalue weighted by atomic mass is 9.87. The van der Waals surface area contributed by atoms with Gasteiger partial charge in [-0.1, -0.05) is 68.4 Å². The van der Waals surface area contributed by atoms with E-state index < -0.39 is 5.82 Å². The van der Waals surface area contributed by atoms with Gasteiger partial charge in [0.15, 0.2) is 11.0 Å². The van der Waals surface area contributed by atoms with E-state index >= 15 is 0 Å². The van der Waals surface area contributed by atoms with Crippen LogP contribution in [0.4, 0.5) is 10.1 Å². The first-order chi connectivity index (χ1) is 14.2. The Hall–Kier alpha value is -2.38. The average molecular weight is 447 g/mol. The maximum atomic E-state index is 13.1. The number of hydrogen-bond acceptors (Lipinski definition) is 4. The Morgan fingerprint density at radius 1 is 1.17 bits per heavy atom. The van der Waals surface area contributed by atoms with Crippen LogP contribution in [-0.4, -0.2) is 26.4 Å². The first kappa shape index (κ1) is 22.3. The molecule has 0 aliphatic carbocycles. The van der Waals surface area contributed by atoms with E-state index in [1.165, 1.54) is 29.5 Å². The number of nitrogens with one attached hydrogen (secondary N) is 1. The molecule has 0 atom stereocenters. The smallest absolute Gasteiger partial charge is 0.234 e. The summed E-state index contributed by atoms with van der Waals surface area (Å²) in [7, 11) is 0. The Bertz CT molecular complexity index is 1040. The molecular weight excluding hydrogens is 423 g/mol. The Kier molecular flexibility index (Phi) is 6.83. The molecule has 0 fully saturated rings. The van der Waals surface area contributed by atoms with Crippen LogP contribution >= 0.6 is 23.4 Å². The van der Waals surface area contributed by atoms with Crippen LogP contribution < -0.4 is 5.32 Å². The van der Waals surface area contributed by atoms with Crippen LogP contribution in [0.15, 0.2) is 47.6 Å². The number of carbonyl (C=O) groups excluding carboxylic acids is 1. The summed E-state index contributed by atoms with van der Waals surface area (Å²) in [5, 5.41) is 12.1. The molecule has 0 saturated heterocycles. The zero-order valence-corrected chi connectivity index (χ0v) is 18.9. The molecule has 0 bridgehead atoms. The van der Waals surface area contributed by atoms with E-state index in [1.54, 1.807) is 0 Å². The topological polar surface area (TPSA) is 59.8 Å². The van der Waals surface area contributed by atoms with E-state index in [0.717, 1.165) is 17.5 Å². The first-order valence-electron chi connectivity index (χ1n) is 9.61. The highest BCUT2D eigenvalue weighted by atomic mass is 35.5. The molecule has 5 nitrogen and oxygen atoms in total. The van der Waals surface area contributed by atoms with Crippen LogP contribution in [0.1, 0.15) is 33.3 Å². The number of hydrogen-bond donors (Lipinski definition) is 1. The molecule has 0 aliphatic rings. The molecule has 3 aromatic rings. The standard InChI is InChI=1S/C22H24ClFN4OS/c1-5-28-20(14-6-8-15(9-7-14)22(2,3)4)26-27-21(28)30-13-19(29)25-18-11-10-16(24)12-17(18)23/h6-12H,5,13H2,1-4H3,(H,25,29). The Morgan fingerprint density at radius 3 is 2.47 bits per heavy atom. The first-order valence-corrected chi connectivity index (χ1v) is 11.0. The van der Waals surface area contributed by atoms with Crippen molar-refractivity contribution in [3.05, 3.63) is 58.9 Å². The fraction of sp³-hybridized carbons (Fsp3) is 0.318. The molecule has 0 unspecified atom stereocenters. The van der Waals surface area contributed by atoms with Gasteiger partial charge in [-0.25, -0.2) is 4.39 Å². The van der Waals surface area contributed by atoms with Crippen molar-refractivity contribution in [2.45, 2.75) is 44.8 Å². The van der Waals surface area contributed by atoms with Crippen molar-refractivity contribution < 1.29 is 9.18 Å². The molecule has 8 heteroatoms. The van der Waals surface area contributed by atoms with Gasteiger partial charge < -0.3 is 9.88 Å². The minimum Gasteiger partial charge on any atom is -0.324 e. The summed E-state index contributed by atoms with van der Waals surface area (Å²) >= 11 is 7.25. The molecule has 1 amide bonds. The van der Waals surface area contributed by atoms with Crippen LogP contribution in [0.2, 0.25) is 5.02 Å². The van der Waals surface area contributed by atoms with Crippen molar-refractivity contribution in [3.8, 4) is 11.4 Å². The van der Waals surface area contributed by atoms with Crippen LogP contribution in [0.3, 0.4) is 0 Å². The van der Waals surface area contributed by atoms with Crippen molar-refractivity contribution in [3.63, 3.8) is 0 Å². The lowest BCUT2D eigenvalue weighted by Gasteiger charge is -2.19. The van der Waals surface area contributed by atoms with Gasteiger partial charge in [0.25, 0.3) is 0 Å². The van der Waals surface area contributed by atoms with E-state index in [4.69, 9.17) is 11.6 Å². The number of benzene rings is 2. The largest absolute Gasteiger partial charge is 0.324 e. The molecule has 1 heterocycles. The van der Waals surface area contributed by atoms with E-state index in [0.29, 0.717) is 17.4 Å². The minimum absolute atomic E-state index is 0.0821. The fourth-order valence-corrected chi connectivity index (χ4v) is 3.94. The van der Waals surface area contributed by atoms with Crippen LogP contribution in [0, 0.1) is 5.82 Å². The van der Waals surface area contributed by atoms with Crippen molar-refractivity contribution in [2.24, 2.45) is 0 Å². The summed E-state index contributed by atoms with van der Waals surface area (Å²) in [4.78, 5) is 12.3. The molecular formula is C22H24ClFN4OS. The van der Waals surface area contributed by atoms with Crippen molar-refractivity contribution in [1.29, 1.82) is 0 Å². The summed E-state index contributed by atoms with van der Waals surface area (Å²) in [5.41, 5.74) is 2.69. The molecule has 0 radical (unpaired) electrons. The van der Waals surface area contributed by atoms with Crippen LogP contribution in [-0.2, 0) is 16.8 Å². The third kappa shape index (κ3) is 5.21. The second-order valence-corrected chi connectivity index (χ2v) is 9.19. The molecule has 1 aromatic heterocycles. The zero-order chi connectivity index (χ0) is 21.9. The molecule has 30 heavy (non-hydrogen) atoms. The van der Waals surface area contributed by atoms with Gasteiger partial charge in [0.05, 0.1) is 16.5 Å². The number of halogens is 2. The second-order valence-electron chi connectivity index (χ2n) is 7.84. The van der Waals surface area contributed by atoms with Crippen LogP contribution in [0.5, 0.6) is 0 Å². The predicted octanol–water partition coefficient (Wildman–Crippen LogP) is 5.79. The van der Waals surface area contributed by atoms with Gasteiger partial charge in [-0.05, 0) is 36.1 Å². The number of thioether (sulfide) groups is 1. The third-order valence-corrected chi connectivity index (χ3v) is 5.86. The van der Waals surface area contributed by atoms with Gasteiger partial charge in [-0.15, -0.1) is 10.2 Å². The number of rotatable bonds is 6. The van der Waals surface area contributed by atoms with Gasteiger partial charge >= 0.3 is 0 Å². The highest BCUT2D eigenvalue weighted by molar-refractivity contribution is 7.99. The summed E-state index contributed by atoms with van der Waals surface area (Å²) in [6, 6.07) is 12.2. The van der Waals surface area contributed by atoms with Gasteiger partial charge in [0.2, 0.25) is 5.91 Å². The Morgan fingerprint density at radius 2 is 1.87 bits per heavy atom. The summed E-state index contributed by atoms with van der Waals surface area (Å²) < 4.78 is 15.1. The lowest BCUT2D eigenvalue weighted by Crippen LogP contribution is -2.15. The Labute approximate surface area is 185 Å². The van der Waals surface area contributed by atoms with Gasteiger partial charge in [0.1, 0.15) is 5.82 Å². The van der Waals surface area contributed by atoms with E-state index in [-0.39, 0.29) is 22.1 Å². The number of nitrogens with zero attached hydrogens (tertiary/aromatic N) is 3. The SMILES string of the molecule is CCn1c(SCC(=O)Nc2ccc(F)cc2Cl)nnc1-c1ccc(C(C)(C)C)cc1. The highest BCUT2D eigenvalue weighted by Gasteiger charge is 2.17. The van der Waals surface area contributed by atoms with Gasteiger partial charge in [-0.2, -0.15) is 0 Å². The zero-order valence-electron chi connectivity index (χ0n) is 17.4. The molecule has 0 spiro atoms. The number of aromatic nitrogens is 3. The number of amides is 1. The number of anilines is 1. The molecule has 0 aliphatic heterocycles. The normalized spacial score (nSPS) is 11.5. The van der Waals surface area contributed by atoms with E-state index in [2.05, 4.69) is 60.6 Å². The Balaban J connectivity index is 1.70. The van der Waals surface area contributed by atoms with Gasteiger partial charge in [-0.3, -0.25) is 4.79 Å². The van der Waals surface area contributed by atoms with Crippen LogP contribution in [0.25, 0.3) is 11.4 Å². The molecule has 3 rings (SSSR count). The van der Waals surface area contributed by atoms with E-state index in [1.807, 2.05) is 11.5 Å². The molecule has 0 saturated carbocycles. The van der Waals surface area contributed by atoms with Gasteiger partial charge in [0, 0.05) is 12.1 Å². The predicted molar refractivity (Wildman–Crippen MR) is 121 cm³/mol. The highest BCUT2D eigenvalue weighted by Crippen LogP contribution is 2.28. The molecule has 2 aromatic carbocycles. The third-order valence-electron chi connectivity index (χ3n) is 4.58.